The van der Waals surface area contributed by atoms with Crippen LogP contribution in [0.5, 0.6) is 0 Å². The first-order chi connectivity index (χ1) is 31.4. The fourth-order valence-corrected chi connectivity index (χ4v) is 14.2. The third-order valence-corrected chi connectivity index (χ3v) is 17.7. The van der Waals surface area contributed by atoms with Crippen LogP contribution in [0.2, 0.25) is 12.1 Å². The van der Waals surface area contributed by atoms with Crippen molar-refractivity contribution in [2.45, 2.75) is 84.7 Å². The zero-order valence-electron chi connectivity index (χ0n) is 38.5. The maximum Gasteiger partial charge on any atom is 0.500 e. The quantitative estimate of drug-likeness (QED) is 0.0277. The molecule has 0 fully saturated rings. The summed E-state index contributed by atoms with van der Waals surface area (Å²) >= 11 is 0. The van der Waals surface area contributed by atoms with Crippen LogP contribution < -0.4 is 10.6 Å². The average Bonchev–Trinajstić information content (AvgIpc) is 3.60. The number of benzene rings is 4. The fraction of sp³-hybridized carbons (Fsp3) is 0.429. The molecule has 0 saturated carbocycles. The third-order valence-electron chi connectivity index (χ3n) is 11.4. The van der Waals surface area contributed by atoms with E-state index in [1.54, 1.807) is 12.1 Å². The van der Waals surface area contributed by atoms with Crippen LogP contribution in [0.25, 0.3) is 11.1 Å². The minimum absolute atomic E-state index is 0.0161. The van der Waals surface area contributed by atoms with Crippen LogP contribution in [0.1, 0.15) is 131 Å². The van der Waals surface area contributed by atoms with E-state index in [1.807, 2.05) is 90.1 Å². The lowest BCUT2D eigenvalue weighted by molar-refractivity contribution is 0.0682. The van der Waals surface area contributed by atoms with Gasteiger partial charge >= 0.3 is 29.5 Å². The number of hydrogen-bond donors (Lipinski definition) is 4. The van der Waals surface area contributed by atoms with Crippen LogP contribution in [-0.4, -0.2) is 104 Å². The maximum absolute atomic E-state index is 13.7. The monoisotopic (exact) mass is 928 g/mol. The summed E-state index contributed by atoms with van der Waals surface area (Å²) in [7, 11) is -5.72. The van der Waals surface area contributed by atoms with Crippen molar-refractivity contribution in [2.24, 2.45) is 0 Å². The molecule has 0 aliphatic heterocycles. The molecule has 16 heteroatoms. The normalized spacial score (nSPS) is 13.0. The summed E-state index contributed by atoms with van der Waals surface area (Å²) < 4.78 is 35.7. The second kappa shape index (κ2) is 23.9. The molecule has 2 amide bonds. The predicted molar refractivity (Wildman–Crippen MR) is 252 cm³/mol. The molecular weight excluding hydrogens is 865 g/mol. The van der Waals surface area contributed by atoms with Crippen molar-refractivity contribution < 1.29 is 55.9 Å². The molecule has 0 spiro atoms. The summed E-state index contributed by atoms with van der Waals surface area (Å²) in [6.07, 6.45) is 2.50. The van der Waals surface area contributed by atoms with Crippen LogP contribution in [0.15, 0.2) is 84.9 Å². The van der Waals surface area contributed by atoms with Crippen LogP contribution >= 0.6 is 0 Å². The lowest BCUT2D eigenvalue weighted by atomic mass is 9.67. The van der Waals surface area contributed by atoms with Gasteiger partial charge in [-0.15, -0.1) is 0 Å². The Morgan fingerprint density at radius 1 is 0.477 bits per heavy atom. The number of carbonyl (C=O) groups is 4. The molecule has 0 saturated heterocycles. The number of carbonyl (C=O) groups excluding carboxylic acids is 2. The SMILES string of the molecule is CCO[Si](CCCCNC(=O)c1ccc(C2(c3ccc(C(=O)NCCCC[Si](OCC)(OCC)OCC)c(C(=O)O)c3)c3ccccc3-c3ccccc32)cc1C(=O)O)(OCC)OCC. The van der Waals surface area contributed by atoms with Gasteiger partial charge in [-0.05, 0) is 125 Å². The molecule has 65 heavy (non-hydrogen) atoms. The van der Waals surface area contributed by atoms with E-state index in [2.05, 4.69) is 10.6 Å². The van der Waals surface area contributed by atoms with Crippen molar-refractivity contribution in [3.05, 3.63) is 129 Å². The van der Waals surface area contributed by atoms with Crippen LogP contribution in [0.3, 0.4) is 0 Å². The van der Waals surface area contributed by atoms with E-state index < -0.39 is 46.8 Å². The maximum atomic E-state index is 13.7. The Morgan fingerprint density at radius 3 is 1.14 bits per heavy atom. The predicted octanol–water partition coefficient (Wildman–Crippen LogP) is 8.56. The molecule has 0 atom stereocenters. The molecule has 4 aromatic carbocycles. The van der Waals surface area contributed by atoms with Gasteiger partial charge < -0.3 is 47.4 Å². The van der Waals surface area contributed by atoms with E-state index in [1.165, 1.54) is 24.3 Å². The first kappa shape index (κ1) is 50.9. The molecule has 1 aliphatic rings. The number of unbranched alkanes of at least 4 members (excludes halogenated alkanes) is 2. The van der Waals surface area contributed by atoms with Gasteiger partial charge in [0.2, 0.25) is 0 Å². The topological polar surface area (TPSA) is 188 Å². The highest BCUT2D eigenvalue weighted by Crippen LogP contribution is 2.56. The van der Waals surface area contributed by atoms with Crippen LogP contribution in [0, 0.1) is 0 Å². The van der Waals surface area contributed by atoms with E-state index >= 15 is 0 Å². The molecule has 350 valence electrons. The molecule has 14 nitrogen and oxygen atoms in total. The Morgan fingerprint density at radius 2 is 0.815 bits per heavy atom. The minimum Gasteiger partial charge on any atom is -0.478 e. The third kappa shape index (κ3) is 11.5. The fourth-order valence-electron chi connectivity index (χ4n) is 8.86. The Kier molecular flexibility index (Phi) is 18.8. The van der Waals surface area contributed by atoms with Crippen molar-refractivity contribution in [1.29, 1.82) is 0 Å². The number of carboxylic acid groups (broad SMARTS) is 2. The number of aromatic carboxylic acids is 2. The van der Waals surface area contributed by atoms with E-state index in [9.17, 15) is 29.4 Å². The van der Waals surface area contributed by atoms with Gasteiger partial charge in [0.15, 0.2) is 0 Å². The average molecular weight is 929 g/mol. The van der Waals surface area contributed by atoms with Crippen molar-refractivity contribution in [3.63, 3.8) is 0 Å². The van der Waals surface area contributed by atoms with Crippen molar-refractivity contribution in [3.8, 4) is 11.1 Å². The molecule has 0 heterocycles. The van der Waals surface area contributed by atoms with E-state index in [0.717, 1.165) is 22.3 Å². The summed E-state index contributed by atoms with van der Waals surface area (Å²) in [5.74, 6) is -3.68. The van der Waals surface area contributed by atoms with Gasteiger partial charge in [-0.3, -0.25) is 9.59 Å². The van der Waals surface area contributed by atoms with E-state index in [-0.39, 0.29) is 35.3 Å². The summed E-state index contributed by atoms with van der Waals surface area (Å²) in [5, 5.41) is 27.1. The van der Waals surface area contributed by atoms with E-state index in [0.29, 0.717) is 88.5 Å². The van der Waals surface area contributed by atoms with Crippen LogP contribution in [-0.2, 0) is 32.0 Å². The second-order valence-electron chi connectivity index (χ2n) is 15.4. The number of nitrogens with one attached hydrogen (secondary N) is 2. The summed E-state index contributed by atoms with van der Waals surface area (Å²) in [4.78, 5) is 53.6. The molecule has 4 aromatic rings. The smallest absolute Gasteiger partial charge is 0.478 e. The number of hydrogen-bond acceptors (Lipinski definition) is 10. The molecule has 1 aliphatic carbocycles. The minimum atomic E-state index is -2.86. The Labute approximate surface area is 384 Å². The van der Waals surface area contributed by atoms with Crippen molar-refractivity contribution >= 4 is 41.4 Å². The molecule has 4 N–H and O–H groups in total. The molecular formula is C49H64N2O12Si2. The van der Waals surface area contributed by atoms with Gasteiger partial charge in [-0.25, -0.2) is 9.59 Å². The van der Waals surface area contributed by atoms with Gasteiger partial charge in [0.05, 0.1) is 27.7 Å². The van der Waals surface area contributed by atoms with Crippen LogP contribution in [0.4, 0.5) is 0 Å². The van der Waals surface area contributed by atoms with Crippen molar-refractivity contribution in [2.75, 3.05) is 52.7 Å². The number of amides is 2. The number of fused-ring (bicyclic) bond motifs is 3. The second-order valence-corrected chi connectivity index (χ2v) is 20.8. The first-order valence-electron chi connectivity index (χ1n) is 22.8. The molecule has 0 aromatic heterocycles. The molecule has 5 rings (SSSR count). The van der Waals surface area contributed by atoms with Gasteiger partial charge in [0.1, 0.15) is 0 Å². The zero-order chi connectivity index (χ0) is 47.0. The lowest BCUT2D eigenvalue weighted by Crippen LogP contribution is -2.46. The summed E-state index contributed by atoms with van der Waals surface area (Å²) in [5.41, 5.74) is 2.67. The van der Waals surface area contributed by atoms with Gasteiger partial charge in [0.25, 0.3) is 11.8 Å². The summed E-state index contributed by atoms with van der Waals surface area (Å²) in [6.45, 7) is 14.7. The highest BCUT2D eigenvalue weighted by atomic mass is 28.4. The standard InChI is InChI=1S/C49H64N2O12Si2/c1-7-58-64(59-8-2,60-9-3)31-19-17-29-50-45(52)39-27-25-35(33-41(39)47(54)55)49(43-23-15-13-21-37(43)38-22-14-16-24-44(38)49)36-26-28-40(42(34-36)48(56)57)46(53)51-30-18-20-32-65(61-10-4,62-11-5)63-12-6/h13-16,21-28,33-34H,7-12,17-20,29-32H2,1-6H3,(H,50,52)(H,51,53)(H,54,55)(H,56,57). The van der Waals surface area contributed by atoms with Gasteiger partial charge in [-0.2, -0.15) is 0 Å². The summed E-state index contributed by atoms with van der Waals surface area (Å²) in [6, 6.07) is 26.1. The van der Waals surface area contributed by atoms with E-state index in [4.69, 9.17) is 26.6 Å². The molecule has 0 radical (unpaired) electrons. The lowest BCUT2D eigenvalue weighted by Gasteiger charge is -2.34. The zero-order valence-corrected chi connectivity index (χ0v) is 40.5. The largest absolute Gasteiger partial charge is 0.500 e. The molecule has 0 unspecified atom stereocenters. The Balaban J connectivity index is 1.46. The Bertz CT molecular complexity index is 2080. The first-order valence-corrected chi connectivity index (χ1v) is 26.6. The van der Waals surface area contributed by atoms with Gasteiger partial charge in [-0.1, -0.05) is 60.7 Å². The number of carboxylic acids is 2. The highest BCUT2D eigenvalue weighted by Gasteiger charge is 2.47. The number of rotatable bonds is 28. The highest BCUT2D eigenvalue weighted by molar-refractivity contribution is 6.61. The molecule has 0 bridgehead atoms. The Hall–Kier alpha value is -5.05. The van der Waals surface area contributed by atoms with Crippen molar-refractivity contribution in [1.82, 2.24) is 10.6 Å². The van der Waals surface area contributed by atoms with Gasteiger partial charge in [0, 0.05) is 64.8 Å².